The number of hydrogen-bond donors (Lipinski definition) is 0. The normalized spacial score (nSPS) is 7.42. The lowest BCUT2D eigenvalue weighted by Gasteiger charge is -1.90. The van der Waals surface area contributed by atoms with E-state index in [9.17, 15) is 0 Å². The smallest absolute Gasteiger partial charge is 0.345 e. The Balaban J connectivity index is 0. The minimum atomic E-state index is 0. The molecule has 1 aromatic carbocycles. The first-order valence-electron chi connectivity index (χ1n) is 3.23. The van der Waals surface area contributed by atoms with Crippen LogP contribution in [0.15, 0.2) is 18.2 Å². The molecule has 0 radical (unpaired) electrons. The molecule has 1 nitrogen and oxygen atoms in total. The lowest BCUT2D eigenvalue weighted by Crippen LogP contribution is -3.00. The SMILES string of the molecule is C#[N+]c1c(C)cccc1C.Cl.[Cl-]. The second kappa shape index (κ2) is 5.88. The van der Waals surface area contributed by atoms with E-state index in [0.29, 0.717) is 0 Å². The monoisotopic (exact) mass is 203 g/mol. The van der Waals surface area contributed by atoms with Gasteiger partial charge in [0.2, 0.25) is 0 Å². The highest BCUT2D eigenvalue weighted by molar-refractivity contribution is 5.85. The third-order valence-electron chi connectivity index (χ3n) is 1.57. The molecule has 0 heterocycles. The number of aryl methyl sites for hydroxylation is 2. The van der Waals surface area contributed by atoms with Crippen LogP contribution in [0.2, 0.25) is 0 Å². The Labute approximate surface area is 85.4 Å². The molecule has 0 bridgehead atoms. The highest BCUT2D eigenvalue weighted by atomic mass is 35.5. The molecule has 1 rings (SSSR count). The largest absolute Gasteiger partial charge is 1.00 e. The molecule has 0 fully saturated rings. The predicted octanol–water partition coefficient (Wildman–Crippen LogP) is 0.323. The van der Waals surface area contributed by atoms with Gasteiger partial charge in [-0.25, -0.2) is 0 Å². The van der Waals surface area contributed by atoms with Crippen molar-refractivity contribution in [3.05, 3.63) is 34.2 Å². The van der Waals surface area contributed by atoms with E-state index in [2.05, 4.69) is 4.85 Å². The van der Waals surface area contributed by atoms with Gasteiger partial charge in [-0.15, -0.1) is 12.4 Å². The molecule has 3 heteroatoms. The van der Waals surface area contributed by atoms with E-state index < -0.39 is 0 Å². The molecule has 0 aliphatic heterocycles. The van der Waals surface area contributed by atoms with E-state index in [1.54, 1.807) is 0 Å². The van der Waals surface area contributed by atoms with Crippen LogP contribution in [0.5, 0.6) is 0 Å². The third kappa shape index (κ3) is 2.73. The molecule has 0 aliphatic carbocycles. The first-order chi connectivity index (χ1) is 4.75. The summed E-state index contributed by atoms with van der Waals surface area (Å²) >= 11 is 0. The van der Waals surface area contributed by atoms with E-state index in [4.69, 9.17) is 6.57 Å². The zero-order valence-electron chi connectivity index (χ0n) is 7.04. The maximum atomic E-state index is 5.18. The van der Waals surface area contributed by atoms with Crippen molar-refractivity contribution < 1.29 is 12.4 Å². The van der Waals surface area contributed by atoms with Crippen LogP contribution < -0.4 is 12.4 Å². The first kappa shape index (κ1) is 13.9. The average molecular weight is 204 g/mol. The van der Waals surface area contributed by atoms with Crippen LogP contribution in [-0.4, -0.2) is 0 Å². The molecule has 0 saturated heterocycles. The molecule has 0 amide bonds. The second-order valence-electron chi connectivity index (χ2n) is 2.37. The van der Waals surface area contributed by atoms with Gasteiger partial charge in [0.25, 0.3) is 6.57 Å². The maximum Gasteiger partial charge on any atom is 0.345 e. The fourth-order valence-electron chi connectivity index (χ4n) is 1.01. The Morgan fingerprint density at radius 2 is 1.58 bits per heavy atom. The van der Waals surface area contributed by atoms with Gasteiger partial charge in [0.15, 0.2) is 0 Å². The van der Waals surface area contributed by atoms with E-state index >= 15 is 0 Å². The Morgan fingerprint density at radius 3 is 1.83 bits per heavy atom. The molecule has 1 aromatic rings. The van der Waals surface area contributed by atoms with Crippen molar-refractivity contribution >= 4 is 18.1 Å². The summed E-state index contributed by atoms with van der Waals surface area (Å²) in [6, 6.07) is 6.00. The van der Waals surface area contributed by atoms with Crippen molar-refractivity contribution in [2.75, 3.05) is 0 Å². The summed E-state index contributed by atoms with van der Waals surface area (Å²) in [6.07, 6.45) is 0. The molecule has 12 heavy (non-hydrogen) atoms. The molecule has 0 aliphatic rings. The summed E-state index contributed by atoms with van der Waals surface area (Å²) in [6.45, 7) is 9.17. The van der Waals surface area contributed by atoms with Crippen LogP contribution in [0, 0.1) is 20.4 Å². The van der Waals surface area contributed by atoms with Gasteiger partial charge < -0.3 is 12.4 Å². The number of hydrogen-bond acceptors (Lipinski definition) is 0. The number of para-hydroxylation sites is 1. The molecule has 0 unspecified atom stereocenters. The first-order valence-corrected chi connectivity index (χ1v) is 3.23. The minimum absolute atomic E-state index is 0. The minimum Gasteiger partial charge on any atom is -1.00 e. The summed E-state index contributed by atoms with van der Waals surface area (Å²) in [5.74, 6) is 0. The van der Waals surface area contributed by atoms with Crippen molar-refractivity contribution in [2.24, 2.45) is 0 Å². The Bertz CT molecular complexity index is 269. The highest BCUT2D eigenvalue weighted by Crippen LogP contribution is 2.21. The van der Waals surface area contributed by atoms with Crippen molar-refractivity contribution in [3.8, 4) is 6.57 Å². The Kier molecular flexibility index (Phi) is 6.79. The van der Waals surface area contributed by atoms with Crippen LogP contribution in [0.1, 0.15) is 11.1 Å². The van der Waals surface area contributed by atoms with Crippen molar-refractivity contribution in [1.82, 2.24) is 0 Å². The molecule has 0 saturated carbocycles. The van der Waals surface area contributed by atoms with Gasteiger partial charge in [-0.1, -0.05) is 18.2 Å². The van der Waals surface area contributed by atoms with E-state index in [-0.39, 0.29) is 24.8 Å². The molecule has 66 valence electrons. The molecule has 0 atom stereocenters. The van der Waals surface area contributed by atoms with Gasteiger partial charge >= 0.3 is 5.69 Å². The maximum absolute atomic E-state index is 5.18. The van der Waals surface area contributed by atoms with Crippen LogP contribution in [-0.2, 0) is 0 Å². The fourth-order valence-corrected chi connectivity index (χ4v) is 1.01. The van der Waals surface area contributed by atoms with Crippen LogP contribution in [0.3, 0.4) is 0 Å². The average Bonchev–Trinajstić information content (AvgIpc) is 1.88. The quantitative estimate of drug-likeness (QED) is 0.573. The molecular formula is C9H11Cl2N. The fraction of sp³-hybridized carbons (Fsp3) is 0.222. The lowest BCUT2D eigenvalue weighted by atomic mass is 10.1. The van der Waals surface area contributed by atoms with E-state index in [1.807, 2.05) is 32.0 Å². The summed E-state index contributed by atoms with van der Waals surface area (Å²) in [4.78, 5) is 3.67. The molecular weight excluding hydrogens is 193 g/mol. The number of rotatable bonds is 0. The van der Waals surface area contributed by atoms with Gasteiger partial charge in [0.05, 0.1) is 0 Å². The van der Waals surface area contributed by atoms with Crippen LogP contribution >= 0.6 is 12.4 Å². The Morgan fingerprint density at radius 1 is 1.17 bits per heavy atom. The van der Waals surface area contributed by atoms with Gasteiger partial charge in [-0.3, -0.25) is 0 Å². The topological polar surface area (TPSA) is 4.36 Å². The van der Waals surface area contributed by atoms with Gasteiger partial charge in [0, 0.05) is 11.1 Å². The standard InChI is InChI=1S/C9H10N.2ClH/c1-7-5-4-6-8(2)9(7)10-3;;/h3-6H,1-2H3;2*1H/q+1;;/p-1. The van der Waals surface area contributed by atoms with E-state index in [1.165, 1.54) is 0 Å². The van der Waals surface area contributed by atoms with Gasteiger partial charge in [0.1, 0.15) is 0 Å². The Hall–Kier alpha value is -0.710. The van der Waals surface area contributed by atoms with Gasteiger partial charge in [-0.05, 0) is 18.7 Å². The van der Waals surface area contributed by atoms with Crippen LogP contribution in [0.25, 0.3) is 4.85 Å². The molecule has 0 N–H and O–H groups in total. The van der Waals surface area contributed by atoms with Crippen molar-refractivity contribution in [1.29, 1.82) is 0 Å². The summed E-state index contributed by atoms with van der Waals surface area (Å²) in [7, 11) is 0. The zero-order valence-corrected chi connectivity index (χ0v) is 8.62. The summed E-state index contributed by atoms with van der Waals surface area (Å²) < 4.78 is 0. The lowest BCUT2D eigenvalue weighted by molar-refractivity contribution is -0.00000233. The molecule has 0 aromatic heterocycles. The predicted molar refractivity (Wildman–Crippen MR) is 51.1 cm³/mol. The zero-order chi connectivity index (χ0) is 7.56. The van der Waals surface area contributed by atoms with Crippen molar-refractivity contribution in [3.63, 3.8) is 0 Å². The second-order valence-corrected chi connectivity index (χ2v) is 2.37. The molecule has 0 spiro atoms. The highest BCUT2D eigenvalue weighted by Gasteiger charge is 2.07. The van der Waals surface area contributed by atoms with Crippen LogP contribution in [0.4, 0.5) is 5.69 Å². The number of nitrogens with zero attached hydrogens (tertiary/aromatic N) is 1. The summed E-state index contributed by atoms with van der Waals surface area (Å²) in [5.41, 5.74) is 3.16. The van der Waals surface area contributed by atoms with Crippen molar-refractivity contribution in [2.45, 2.75) is 13.8 Å². The third-order valence-corrected chi connectivity index (χ3v) is 1.57. The summed E-state index contributed by atoms with van der Waals surface area (Å²) in [5, 5.41) is 0. The number of benzene rings is 1. The van der Waals surface area contributed by atoms with Gasteiger partial charge in [-0.2, -0.15) is 0 Å². The number of halogens is 2. The van der Waals surface area contributed by atoms with E-state index in [0.717, 1.165) is 16.8 Å².